The van der Waals surface area contributed by atoms with Crippen LogP contribution in [0, 0.1) is 11.8 Å². The minimum Gasteiger partial charge on any atom is -0.489 e. The summed E-state index contributed by atoms with van der Waals surface area (Å²) in [6, 6.07) is 7.67. The van der Waals surface area contributed by atoms with Crippen LogP contribution in [0.5, 0.6) is 5.75 Å². The van der Waals surface area contributed by atoms with Crippen LogP contribution in [0.2, 0.25) is 0 Å². The SMILES string of the molecule is CC(CC(=O)Nc1ccccc1OCC1CCCCO1)C1CCCNC1.Cl. The minimum atomic E-state index is 0. The van der Waals surface area contributed by atoms with Gasteiger partial charge in [-0.1, -0.05) is 19.1 Å². The summed E-state index contributed by atoms with van der Waals surface area (Å²) in [5, 5.41) is 6.48. The molecule has 2 N–H and O–H groups in total. The monoisotopic (exact) mass is 396 g/mol. The second kappa shape index (κ2) is 11.5. The van der Waals surface area contributed by atoms with E-state index in [1.54, 1.807) is 0 Å². The third kappa shape index (κ3) is 6.98. The molecule has 3 rings (SSSR count). The van der Waals surface area contributed by atoms with Gasteiger partial charge in [0.25, 0.3) is 0 Å². The van der Waals surface area contributed by atoms with Crippen LogP contribution in [0.4, 0.5) is 5.69 Å². The molecule has 0 bridgehead atoms. The maximum atomic E-state index is 12.5. The van der Waals surface area contributed by atoms with Crippen LogP contribution in [-0.4, -0.2) is 38.3 Å². The molecule has 2 aliphatic heterocycles. The summed E-state index contributed by atoms with van der Waals surface area (Å²) >= 11 is 0. The number of hydrogen-bond acceptors (Lipinski definition) is 4. The maximum Gasteiger partial charge on any atom is 0.224 e. The van der Waals surface area contributed by atoms with Gasteiger partial charge in [-0.2, -0.15) is 0 Å². The van der Waals surface area contributed by atoms with Gasteiger partial charge in [-0.05, 0) is 69.2 Å². The van der Waals surface area contributed by atoms with E-state index in [1.807, 2.05) is 24.3 Å². The van der Waals surface area contributed by atoms with Crippen molar-refractivity contribution < 1.29 is 14.3 Å². The second-order valence-electron chi connectivity index (χ2n) is 7.63. The number of ether oxygens (including phenoxy) is 2. The van der Waals surface area contributed by atoms with Crippen molar-refractivity contribution >= 4 is 24.0 Å². The molecule has 0 aliphatic carbocycles. The second-order valence-corrected chi connectivity index (χ2v) is 7.63. The summed E-state index contributed by atoms with van der Waals surface area (Å²) in [5.74, 6) is 1.76. The van der Waals surface area contributed by atoms with Crippen molar-refractivity contribution in [1.29, 1.82) is 0 Å². The van der Waals surface area contributed by atoms with Crippen molar-refractivity contribution in [1.82, 2.24) is 5.32 Å². The molecule has 27 heavy (non-hydrogen) atoms. The number of halogens is 1. The van der Waals surface area contributed by atoms with Crippen molar-refractivity contribution in [2.75, 3.05) is 31.6 Å². The highest BCUT2D eigenvalue weighted by atomic mass is 35.5. The number of hydrogen-bond donors (Lipinski definition) is 2. The van der Waals surface area contributed by atoms with Gasteiger partial charge in [-0.15, -0.1) is 12.4 Å². The van der Waals surface area contributed by atoms with E-state index in [9.17, 15) is 4.79 Å². The molecule has 0 spiro atoms. The zero-order valence-corrected chi connectivity index (χ0v) is 17.1. The van der Waals surface area contributed by atoms with Crippen LogP contribution in [0.1, 0.15) is 45.4 Å². The predicted molar refractivity (Wildman–Crippen MR) is 111 cm³/mol. The van der Waals surface area contributed by atoms with Crippen LogP contribution in [-0.2, 0) is 9.53 Å². The van der Waals surface area contributed by atoms with Crippen molar-refractivity contribution in [2.45, 2.75) is 51.6 Å². The predicted octanol–water partition coefficient (Wildman–Crippen LogP) is 4.02. The van der Waals surface area contributed by atoms with E-state index >= 15 is 0 Å². The summed E-state index contributed by atoms with van der Waals surface area (Å²) < 4.78 is 11.7. The van der Waals surface area contributed by atoms with Gasteiger partial charge >= 0.3 is 0 Å². The first-order valence-electron chi connectivity index (χ1n) is 10.1. The number of carbonyl (C=O) groups excluding carboxylic acids is 1. The third-order valence-electron chi connectivity index (χ3n) is 5.51. The number of carbonyl (C=O) groups is 1. The summed E-state index contributed by atoms with van der Waals surface area (Å²) in [6.07, 6.45) is 6.50. The molecule has 2 heterocycles. The Hall–Kier alpha value is -1.30. The van der Waals surface area contributed by atoms with E-state index in [-0.39, 0.29) is 24.4 Å². The Morgan fingerprint density at radius 2 is 2.15 bits per heavy atom. The van der Waals surface area contributed by atoms with Crippen molar-refractivity contribution in [3.8, 4) is 5.75 Å². The lowest BCUT2D eigenvalue weighted by molar-refractivity contribution is -0.117. The Morgan fingerprint density at radius 1 is 1.30 bits per heavy atom. The number of benzene rings is 1. The average molecular weight is 397 g/mol. The molecule has 0 radical (unpaired) electrons. The Bertz CT molecular complexity index is 572. The lowest BCUT2D eigenvalue weighted by Crippen LogP contribution is -2.34. The van der Waals surface area contributed by atoms with E-state index in [4.69, 9.17) is 9.47 Å². The molecule has 1 aromatic carbocycles. The number of amides is 1. The van der Waals surface area contributed by atoms with Crippen LogP contribution >= 0.6 is 12.4 Å². The summed E-state index contributed by atoms with van der Waals surface area (Å²) in [5.41, 5.74) is 0.752. The lowest BCUT2D eigenvalue weighted by Gasteiger charge is -2.28. The van der Waals surface area contributed by atoms with Crippen LogP contribution in [0.25, 0.3) is 0 Å². The average Bonchev–Trinajstić information content (AvgIpc) is 2.68. The Balaban J connectivity index is 0.00000261. The van der Waals surface area contributed by atoms with Gasteiger partial charge in [0.1, 0.15) is 12.4 Å². The highest BCUT2D eigenvalue weighted by Gasteiger charge is 2.22. The number of para-hydroxylation sites is 2. The Kier molecular flexibility index (Phi) is 9.39. The highest BCUT2D eigenvalue weighted by Crippen LogP contribution is 2.27. The van der Waals surface area contributed by atoms with Gasteiger partial charge in [0.2, 0.25) is 5.91 Å². The zero-order valence-electron chi connectivity index (χ0n) is 16.2. The van der Waals surface area contributed by atoms with Gasteiger partial charge in [0.15, 0.2) is 0 Å². The normalized spacial score (nSPS) is 23.7. The quantitative estimate of drug-likeness (QED) is 0.730. The number of anilines is 1. The highest BCUT2D eigenvalue weighted by molar-refractivity contribution is 5.92. The summed E-state index contributed by atoms with van der Waals surface area (Å²) in [7, 11) is 0. The molecule has 2 aliphatic rings. The fourth-order valence-corrected chi connectivity index (χ4v) is 3.84. The minimum absolute atomic E-state index is 0. The largest absolute Gasteiger partial charge is 0.489 e. The van der Waals surface area contributed by atoms with E-state index in [1.165, 1.54) is 19.3 Å². The molecule has 1 aromatic rings. The van der Waals surface area contributed by atoms with Gasteiger partial charge in [0, 0.05) is 13.0 Å². The number of rotatable bonds is 7. The van der Waals surface area contributed by atoms with E-state index in [0.29, 0.717) is 24.9 Å². The van der Waals surface area contributed by atoms with Crippen LogP contribution in [0.15, 0.2) is 24.3 Å². The van der Waals surface area contributed by atoms with Crippen LogP contribution in [0.3, 0.4) is 0 Å². The molecular weight excluding hydrogens is 364 g/mol. The first kappa shape index (κ1) is 22.0. The zero-order chi connectivity index (χ0) is 18.2. The third-order valence-corrected chi connectivity index (χ3v) is 5.51. The van der Waals surface area contributed by atoms with Crippen molar-refractivity contribution in [3.05, 3.63) is 24.3 Å². The molecule has 2 fully saturated rings. The van der Waals surface area contributed by atoms with E-state index in [2.05, 4.69) is 17.6 Å². The molecule has 152 valence electrons. The summed E-state index contributed by atoms with van der Waals surface area (Å²) in [6.45, 7) is 5.66. The van der Waals surface area contributed by atoms with Crippen molar-refractivity contribution in [2.24, 2.45) is 11.8 Å². The lowest BCUT2D eigenvalue weighted by atomic mass is 9.85. The van der Waals surface area contributed by atoms with Gasteiger partial charge in [0.05, 0.1) is 11.8 Å². The number of piperidine rings is 1. The fraction of sp³-hybridized carbons (Fsp3) is 0.667. The Morgan fingerprint density at radius 3 is 2.89 bits per heavy atom. The van der Waals surface area contributed by atoms with Crippen LogP contribution < -0.4 is 15.4 Å². The standard InChI is InChI=1S/C21H32N2O3.ClH/c1-16(17-7-6-11-22-14-17)13-21(24)23-19-9-2-3-10-20(19)26-15-18-8-4-5-12-25-18;/h2-3,9-10,16-18,22H,4-8,11-15H2,1H3,(H,23,24);1H. The van der Waals surface area contributed by atoms with Gasteiger partial charge in [-0.3, -0.25) is 4.79 Å². The van der Waals surface area contributed by atoms with Gasteiger partial charge in [-0.25, -0.2) is 0 Å². The topological polar surface area (TPSA) is 59.6 Å². The van der Waals surface area contributed by atoms with Gasteiger partial charge < -0.3 is 20.1 Å². The van der Waals surface area contributed by atoms with E-state index < -0.39 is 0 Å². The van der Waals surface area contributed by atoms with Crippen molar-refractivity contribution in [3.63, 3.8) is 0 Å². The smallest absolute Gasteiger partial charge is 0.224 e. The van der Waals surface area contributed by atoms with E-state index in [0.717, 1.165) is 44.0 Å². The summed E-state index contributed by atoms with van der Waals surface area (Å²) in [4.78, 5) is 12.5. The molecular formula is C21H33ClN2O3. The Labute approximate surface area is 169 Å². The molecule has 2 saturated heterocycles. The molecule has 5 nitrogen and oxygen atoms in total. The molecule has 0 aromatic heterocycles. The molecule has 3 unspecified atom stereocenters. The molecule has 1 amide bonds. The molecule has 6 heteroatoms. The fourth-order valence-electron chi connectivity index (χ4n) is 3.84. The molecule has 3 atom stereocenters. The maximum absolute atomic E-state index is 12.5. The molecule has 0 saturated carbocycles. The first-order chi connectivity index (χ1) is 12.7. The first-order valence-corrected chi connectivity index (χ1v) is 10.1. The number of nitrogens with one attached hydrogen (secondary N) is 2.